The Labute approximate surface area is 411 Å². The zero-order chi connectivity index (χ0) is 48.1. The predicted octanol–water partition coefficient (Wildman–Crippen LogP) is 11.5. The average Bonchev–Trinajstić information content (AvgIpc) is 3.94. The Morgan fingerprint density at radius 2 is 1.21 bits per heavy atom. The van der Waals surface area contributed by atoms with E-state index >= 15 is 0 Å². The summed E-state index contributed by atoms with van der Waals surface area (Å²) in [6, 6.07) is 55.7. The lowest BCUT2D eigenvalue weighted by atomic mass is 9.90. The SMILES string of the molecule is Cc1cccc2c([C@@H]3O[C@H](COCc4ccccc4)[C@@H](OCc4ccccc4)[C@H](OCc4ccccc4)[C@H]3OCc3ccccc3)cn(Cc3ccc(/C=C/CC(=O)OC[C@@H]4COC(C)(C)O4)cc3)c12. The highest BCUT2D eigenvalue weighted by molar-refractivity contribution is 5.87. The van der Waals surface area contributed by atoms with Crippen molar-refractivity contribution in [1.82, 2.24) is 4.57 Å². The van der Waals surface area contributed by atoms with Gasteiger partial charge in [0.25, 0.3) is 0 Å². The summed E-state index contributed by atoms with van der Waals surface area (Å²) >= 11 is 0. The van der Waals surface area contributed by atoms with Gasteiger partial charge in [-0.1, -0.05) is 176 Å². The van der Waals surface area contributed by atoms with Crippen molar-refractivity contribution in [2.45, 2.75) is 103 Å². The van der Waals surface area contributed by atoms with Crippen molar-refractivity contribution in [1.29, 1.82) is 0 Å². The molecule has 2 fully saturated rings. The number of benzene rings is 6. The molecule has 0 radical (unpaired) electrons. The fourth-order valence-electron chi connectivity index (χ4n) is 9.28. The molecule has 2 aliphatic heterocycles. The summed E-state index contributed by atoms with van der Waals surface area (Å²) in [7, 11) is 0. The smallest absolute Gasteiger partial charge is 0.309 e. The number of esters is 1. The van der Waals surface area contributed by atoms with Crippen molar-refractivity contribution in [3.63, 3.8) is 0 Å². The third kappa shape index (κ3) is 12.9. The Balaban J connectivity index is 1.01. The highest BCUT2D eigenvalue weighted by atomic mass is 16.7. The van der Waals surface area contributed by atoms with Gasteiger partial charge in [0.15, 0.2) is 5.79 Å². The van der Waals surface area contributed by atoms with Crippen LogP contribution in [0.15, 0.2) is 176 Å². The predicted molar refractivity (Wildman–Crippen MR) is 271 cm³/mol. The number of nitrogens with zero attached hydrogens (tertiary/aromatic N) is 1. The minimum Gasteiger partial charge on any atom is -0.463 e. The van der Waals surface area contributed by atoms with E-state index in [4.69, 9.17) is 37.9 Å². The van der Waals surface area contributed by atoms with Crippen LogP contribution in [0, 0.1) is 6.92 Å². The summed E-state index contributed by atoms with van der Waals surface area (Å²) in [4.78, 5) is 12.5. The standard InChI is InChI=1S/C60H63NO9/c1-43-18-16-28-51-52(35-61(55(43)51)34-45-32-30-44(31-33-45)27-17-29-54(62)64-40-50-41-68-60(2,3)70-50)56-58(66-38-48-23-12-6-13-24-48)59(67-39-49-25-14-7-15-26-49)57(65-37-47-21-10-5-11-22-47)53(69-56)42-63-36-46-19-8-4-9-20-46/h4-28,30-33,35,50,53,56-59H,29,34,36-42H2,1-3H3/b27-17+/t50-,53-,56+,57-,58+,59+/m1/s1. The second kappa shape index (κ2) is 23.6. The summed E-state index contributed by atoms with van der Waals surface area (Å²) in [5, 5.41) is 1.08. The fourth-order valence-corrected chi connectivity index (χ4v) is 9.28. The van der Waals surface area contributed by atoms with Crippen LogP contribution in [0.25, 0.3) is 17.0 Å². The minimum absolute atomic E-state index is 0.160. The molecular formula is C60H63NO9. The molecule has 0 bridgehead atoms. The first kappa shape index (κ1) is 48.8. The van der Waals surface area contributed by atoms with E-state index in [9.17, 15) is 4.79 Å². The Morgan fingerprint density at radius 3 is 1.80 bits per heavy atom. The molecule has 9 rings (SSSR count). The fraction of sp³-hybridized carbons (Fsp3) is 0.317. The highest BCUT2D eigenvalue weighted by Crippen LogP contribution is 2.42. The number of carbonyl (C=O) groups excluding carboxylic acids is 1. The summed E-state index contributed by atoms with van der Waals surface area (Å²) in [5.41, 5.74) is 9.59. The number of fused-ring (bicyclic) bond motifs is 1. The monoisotopic (exact) mass is 941 g/mol. The van der Waals surface area contributed by atoms with E-state index < -0.39 is 36.3 Å². The molecule has 6 atom stereocenters. The van der Waals surface area contributed by atoms with Crippen LogP contribution in [0.5, 0.6) is 0 Å². The Bertz CT molecular complexity index is 2740. The van der Waals surface area contributed by atoms with Crippen molar-refractivity contribution in [2.24, 2.45) is 0 Å². The number of ether oxygens (including phenoxy) is 8. The van der Waals surface area contributed by atoms with Crippen LogP contribution in [0.1, 0.15) is 70.9 Å². The maximum absolute atomic E-state index is 12.5. The molecule has 1 aromatic heterocycles. The average molecular weight is 942 g/mol. The number of para-hydroxylation sites is 1. The van der Waals surface area contributed by atoms with Crippen LogP contribution in [0.4, 0.5) is 0 Å². The van der Waals surface area contributed by atoms with Gasteiger partial charge in [0, 0.05) is 23.7 Å². The first-order valence-corrected chi connectivity index (χ1v) is 24.3. The number of aryl methyl sites for hydroxylation is 1. The lowest BCUT2D eigenvalue weighted by molar-refractivity contribution is -0.274. The third-order valence-corrected chi connectivity index (χ3v) is 12.7. The summed E-state index contributed by atoms with van der Waals surface area (Å²) in [6.45, 7) is 8.80. The molecule has 70 heavy (non-hydrogen) atoms. The van der Waals surface area contributed by atoms with Gasteiger partial charge in [0.1, 0.15) is 43.2 Å². The van der Waals surface area contributed by atoms with Gasteiger partial charge in [-0.2, -0.15) is 0 Å². The highest BCUT2D eigenvalue weighted by Gasteiger charge is 2.50. The molecule has 362 valence electrons. The van der Waals surface area contributed by atoms with Gasteiger partial charge >= 0.3 is 5.97 Å². The Morgan fingerprint density at radius 1 is 0.643 bits per heavy atom. The molecule has 2 saturated heterocycles. The van der Waals surface area contributed by atoms with Gasteiger partial charge in [-0.25, -0.2) is 0 Å². The number of rotatable bonds is 21. The molecule has 0 N–H and O–H groups in total. The molecule has 7 aromatic rings. The van der Waals surface area contributed by atoms with Gasteiger partial charge in [-0.15, -0.1) is 0 Å². The molecule has 0 aliphatic carbocycles. The third-order valence-electron chi connectivity index (χ3n) is 12.7. The van der Waals surface area contributed by atoms with E-state index in [-0.39, 0.29) is 31.7 Å². The zero-order valence-electron chi connectivity index (χ0n) is 40.3. The number of hydrogen-bond donors (Lipinski definition) is 0. The van der Waals surface area contributed by atoms with Crippen molar-refractivity contribution in [3.05, 3.63) is 221 Å². The van der Waals surface area contributed by atoms with Crippen LogP contribution in [0.2, 0.25) is 0 Å². The zero-order valence-corrected chi connectivity index (χ0v) is 40.3. The number of aromatic nitrogens is 1. The molecule has 0 saturated carbocycles. The normalized spacial score (nSPS) is 21.1. The van der Waals surface area contributed by atoms with Crippen LogP contribution in [-0.2, 0) is 75.7 Å². The number of hydrogen-bond acceptors (Lipinski definition) is 9. The van der Waals surface area contributed by atoms with Crippen LogP contribution in [0.3, 0.4) is 0 Å². The lowest BCUT2D eigenvalue weighted by Gasteiger charge is -2.46. The van der Waals surface area contributed by atoms with E-state index in [0.29, 0.717) is 39.6 Å². The van der Waals surface area contributed by atoms with Gasteiger partial charge in [0.2, 0.25) is 0 Å². The van der Waals surface area contributed by atoms with Gasteiger partial charge in [-0.3, -0.25) is 4.79 Å². The maximum atomic E-state index is 12.5. The molecule has 0 amide bonds. The second-order valence-corrected chi connectivity index (χ2v) is 18.5. The Kier molecular flexibility index (Phi) is 16.5. The van der Waals surface area contributed by atoms with E-state index in [1.54, 1.807) is 0 Å². The molecule has 0 unspecified atom stereocenters. The van der Waals surface area contributed by atoms with Crippen molar-refractivity contribution in [3.8, 4) is 0 Å². The number of carbonyl (C=O) groups is 1. The first-order chi connectivity index (χ1) is 34.2. The topological polar surface area (TPSA) is 95.8 Å². The van der Waals surface area contributed by atoms with E-state index in [2.05, 4.69) is 109 Å². The molecule has 10 heteroatoms. The molecule has 10 nitrogen and oxygen atoms in total. The van der Waals surface area contributed by atoms with Crippen LogP contribution < -0.4 is 0 Å². The molecule has 0 spiro atoms. The van der Waals surface area contributed by atoms with Crippen molar-refractivity contribution in [2.75, 3.05) is 19.8 Å². The van der Waals surface area contributed by atoms with Gasteiger partial charge in [-0.05, 0) is 59.7 Å². The van der Waals surface area contributed by atoms with Gasteiger partial charge < -0.3 is 42.5 Å². The first-order valence-electron chi connectivity index (χ1n) is 24.3. The largest absolute Gasteiger partial charge is 0.463 e. The summed E-state index contributed by atoms with van der Waals surface area (Å²) in [5.74, 6) is -0.965. The molecule has 3 heterocycles. The second-order valence-electron chi connectivity index (χ2n) is 18.5. The van der Waals surface area contributed by atoms with E-state index in [0.717, 1.165) is 55.4 Å². The van der Waals surface area contributed by atoms with E-state index in [1.165, 1.54) is 0 Å². The summed E-state index contributed by atoms with van der Waals surface area (Å²) < 4.78 is 54.2. The Hall–Kier alpha value is -6.21. The quantitative estimate of drug-likeness (QED) is 0.0653. The molecular weight excluding hydrogens is 879 g/mol. The van der Waals surface area contributed by atoms with E-state index in [1.807, 2.05) is 98.8 Å². The molecule has 2 aliphatic rings. The van der Waals surface area contributed by atoms with Crippen molar-refractivity contribution < 1.29 is 42.7 Å². The van der Waals surface area contributed by atoms with Crippen LogP contribution >= 0.6 is 0 Å². The van der Waals surface area contributed by atoms with Crippen molar-refractivity contribution >= 4 is 22.9 Å². The van der Waals surface area contributed by atoms with Gasteiger partial charge in [0.05, 0.1) is 51.6 Å². The summed E-state index contributed by atoms with van der Waals surface area (Å²) in [6.07, 6.45) is 3.11. The minimum atomic E-state index is -0.657. The molecule has 6 aromatic carbocycles. The van der Waals surface area contributed by atoms with Crippen LogP contribution in [-0.4, -0.2) is 66.7 Å². The lowest BCUT2D eigenvalue weighted by Crippen LogP contribution is -2.58. The maximum Gasteiger partial charge on any atom is 0.309 e.